The number of benzene rings is 4. The zero-order valence-corrected chi connectivity index (χ0v) is 31.2. The number of nitrogens with zero attached hydrogens (tertiary/aromatic N) is 2. The minimum absolute atomic E-state index is 0. The van der Waals surface area contributed by atoms with Crippen LogP contribution >= 0.6 is 0 Å². The normalized spacial score (nSPS) is 15.0. The van der Waals surface area contributed by atoms with Gasteiger partial charge in [0.25, 0.3) is 0 Å². The maximum Gasteiger partial charge on any atom is 0.0795 e. The van der Waals surface area contributed by atoms with E-state index in [1.54, 1.807) is 18.3 Å². The zero-order valence-electron chi connectivity index (χ0n) is 32.8. The Balaban J connectivity index is 0.000000223. The average molecular weight is 826 g/mol. The standard InChI is InChI=1S/C29H26N.C15H18NSi.Ir/c1-2-9-24(10-3-1)25-13-15-26(16-14-25)27-11-6-12-28(21-27)29-20-23(17-18-30-29)19-22-7-4-5-8-22;1-12-5-7-13(8-6-12)15-10-9-14(11-16-15)17(2,3)4;/h1-3,6,9-11,13-18,20-22H,4-5,7-8,19H2;5-7,9-11H,1-4H3;/q2*-1;/i19D2;1D3;. The minimum Gasteiger partial charge on any atom is -0.305 e. The largest absolute Gasteiger partial charge is 0.305 e. The fourth-order valence-corrected chi connectivity index (χ4v) is 6.87. The van der Waals surface area contributed by atoms with E-state index in [1.807, 2.05) is 36.5 Å². The van der Waals surface area contributed by atoms with Crippen LogP contribution in [0.2, 0.25) is 19.6 Å². The van der Waals surface area contributed by atoms with Crippen molar-refractivity contribution in [2.75, 3.05) is 0 Å². The third kappa shape index (κ3) is 9.35. The summed E-state index contributed by atoms with van der Waals surface area (Å²) in [5, 5.41) is 1.31. The molecule has 2 aromatic heterocycles. The summed E-state index contributed by atoms with van der Waals surface area (Å²) >= 11 is 0. The molecule has 4 heteroatoms. The Morgan fingerprint density at radius 1 is 0.729 bits per heavy atom. The van der Waals surface area contributed by atoms with Gasteiger partial charge in [0.1, 0.15) is 0 Å². The second-order valence-electron chi connectivity index (χ2n) is 13.2. The molecule has 1 aliphatic rings. The third-order valence-electron chi connectivity index (χ3n) is 8.61. The summed E-state index contributed by atoms with van der Waals surface area (Å²) < 4.78 is 39.5. The summed E-state index contributed by atoms with van der Waals surface area (Å²) in [5.41, 5.74) is 8.97. The molecule has 0 aliphatic heterocycles. The Kier molecular flexibility index (Phi) is 9.93. The van der Waals surface area contributed by atoms with Crippen LogP contribution < -0.4 is 5.19 Å². The number of aromatic nitrogens is 2. The molecule has 48 heavy (non-hydrogen) atoms. The van der Waals surface area contributed by atoms with Crippen molar-refractivity contribution in [2.45, 2.75) is 58.5 Å². The van der Waals surface area contributed by atoms with E-state index in [9.17, 15) is 0 Å². The number of hydrogen-bond donors (Lipinski definition) is 0. The van der Waals surface area contributed by atoms with E-state index in [0.29, 0.717) is 5.56 Å². The van der Waals surface area contributed by atoms with Gasteiger partial charge in [-0.3, -0.25) is 0 Å². The van der Waals surface area contributed by atoms with Crippen molar-refractivity contribution in [3.63, 3.8) is 0 Å². The second-order valence-corrected chi connectivity index (χ2v) is 18.2. The van der Waals surface area contributed by atoms with Gasteiger partial charge in [0.05, 0.1) is 8.07 Å². The van der Waals surface area contributed by atoms with E-state index in [1.165, 1.54) is 22.4 Å². The van der Waals surface area contributed by atoms with Crippen molar-refractivity contribution >= 4 is 13.3 Å². The van der Waals surface area contributed by atoms with Crippen molar-refractivity contribution < 1.29 is 27.0 Å². The first-order chi connectivity index (χ1) is 24.8. The third-order valence-corrected chi connectivity index (χ3v) is 10.6. The molecular formula is C44H44IrN2Si-2. The molecule has 2 heterocycles. The molecule has 6 aromatic rings. The molecule has 0 N–H and O–H groups in total. The van der Waals surface area contributed by atoms with Gasteiger partial charge in [-0.2, -0.15) is 0 Å². The molecule has 0 saturated heterocycles. The van der Waals surface area contributed by atoms with Crippen molar-refractivity contribution in [2.24, 2.45) is 5.92 Å². The van der Waals surface area contributed by atoms with Gasteiger partial charge in [-0.25, -0.2) is 0 Å². The van der Waals surface area contributed by atoms with Crippen LogP contribution in [0.25, 0.3) is 44.8 Å². The van der Waals surface area contributed by atoms with Crippen molar-refractivity contribution in [3.8, 4) is 44.8 Å². The Morgan fingerprint density at radius 2 is 1.46 bits per heavy atom. The molecule has 0 amide bonds. The van der Waals surface area contributed by atoms with Gasteiger partial charge < -0.3 is 9.97 Å². The Bertz CT molecular complexity index is 2020. The monoisotopic (exact) mass is 826 g/mol. The van der Waals surface area contributed by atoms with Crippen LogP contribution in [-0.4, -0.2) is 18.0 Å². The second kappa shape index (κ2) is 16.4. The molecule has 0 atom stereocenters. The van der Waals surface area contributed by atoms with Crippen LogP contribution in [0.4, 0.5) is 0 Å². The number of rotatable bonds is 7. The topological polar surface area (TPSA) is 25.8 Å². The van der Waals surface area contributed by atoms with Crippen LogP contribution in [-0.2, 0) is 26.5 Å². The van der Waals surface area contributed by atoms with E-state index in [2.05, 4.69) is 108 Å². The Morgan fingerprint density at radius 3 is 2.10 bits per heavy atom. The first-order valence-electron chi connectivity index (χ1n) is 18.9. The first-order valence-corrected chi connectivity index (χ1v) is 19.9. The molecular weight excluding hydrogens is 777 g/mol. The van der Waals surface area contributed by atoms with Gasteiger partial charge in [-0.1, -0.05) is 131 Å². The Labute approximate surface area is 309 Å². The van der Waals surface area contributed by atoms with E-state index >= 15 is 0 Å². The summed E-state index contributed by atoms with van der Waals surface area (Å²) in [6, 6.07) is 44.1. The fourth-order valence-electron chi connectivity index (χ4n) is 5.83. The quantitative estimate of drug-likeness (QED) is 0.118. The molecule has 1 aliphatic carbocycles. The SMILES string of the molecule is [2H]C([2H])([2H])c1c[c-]c(-c2ccc([Si](C)(C)C)cn2)cc1.[2H]C([2H])(c1ccnc(-c2[c-]ccc(-c3ccc(-c4ccccc4)cc3)c2)c1)C1CCCC1.[Ir]. The predicted octanol–water partition coefficient (Wildman–Crippen LogP) is 11.0. The minimum atomic E-state index is -2.08. The maximum atomic E-state index is 8.72. The van der Waals surface area contributed by atoms with Crippen LogP contribution in [0.15, 0.2) is 128 Å². The smallest absolute Gasteiger partial charge is 0.0795 e. The average Bonchev–Trinajstić information content (AvgIpc) is 3.72. The molecule has 1 saturated carbocycles. The molecule has 0 bridgehead atoms. The molecule has 245 valence electrons. The van der Waals surface area contributed by atoms with E-state index in [0.717, 1.165) is 64.9 Å². The van der Waals surface area contributed by atoms with Gasteiger partial charge in [0.2, 0.25) is 0 Å². The van der Waals surface area contributed by atoms with E-state index in [-0.39, 0.29) is 26.0 Å². The van der Waals surface area contributed by atoms with Gasteiger partial charge in [-0.05, 0) is 51.6 Å². The van der Waals surface area contributed by atoms with Crippen LogP contribution in [0, 0.1) is 24.9 Å². The summed E-state index contributed by atoms with van der Waals surface area (Å²) in [5.74, 6) is 0.0937. The number of pyridine rings is 2. The predicted molar refractivity (Wildman–Crippen MR) is 201 cm³/mol. The summed E-state index contributed by atoms with van der Waals surface area (Å²) in [4.78, 5) is 9.01. The van der Waals surface area contributed by atoms with Gasteiger partial charge in [-0.15, -0.1) is 70.8 Å². The van der Waals surface area contributed by atoms with Crippen molar-refractivity contribution in [3.05, 3.63) is 151 Å². The van der Waals surface area contributed by atoms with Crippen molar-refractivity contribution in [1.82, 2.24) is 9.97 Å². The van der Waals surface area contributed by atoms with Crippen LogP contribution in [0.5, 0.6) is 0 Å². The number of aryl methyl sites for hydroxylation is 1. The molecule has 7 rings (SSSR count). The van der Waals surface area contributed by atoms with Crippen LogP contribution in [0.3, 0.4) is 0 Å². The maximum absolute atomic E-state index is 8.72. The van der Waals surface area contributed by atoms with Crippen molar-refractivity contribution in [1.29, 1.82) is 0 Å². The van der Waals surface area contributed by atoms with Crippen LogP contribution in [0.1, 0.15) is 43.7 Å². The Hall–Kier alpha value is -3.95. The number of hydrogen-bond acceptors (Lipinski definition) is 2. The summed E-state index contributed by atoms with van der Waals surface area (Å²) in [7, 11) is -1.34. The first kappa shape index (κ1) is 29.0. The molecule has 1 radical (unpaired) electrons. The molecule has 4 aromatic carbocycles. The fraction of sp³-hybridized carbons (Fsp3) is 0.227. The molecule has 1 fully saturated rings. The van der Waals surface area contributed by atoms with E-state index < -0.39 is 21.3 Å². The van der Waals surface area contributed by atoms with Gasteiger partial charge >= 0.3 is 0 Å². The summed E-state index contributed by atoms with van der Waals surface area (Å²) in [6.07, 6.45) is 6.51. The van der Waals surface area contributed by atoms with Gasteiger partial charge in [0, 0.05) is 39.4 Å². The summed E-state index contributed by atoms with van der Waals surface area (Å²) in [6.45, 7) is 4.76. The molecule has 2 nitrogen and oxygen atoms in total. The molecule has 0 unspecified atom stereocenters. The zero-order chi connectivity index (χ0) is 36.9. The molecule has 0 spiro atoms. The van der Waals surface area contributed by atoms with E-state index in [4.69, 9.17) is 6.85 Å². The van der Waals surface area contributed by atoms with Gasteiger partial charge in [0.15, 0.2) is 0 Å².